The van der Waals surface area contributed by atoms with Crippen LogP contribution in [0.2, 0.25) is 10.0 Å². The van der Waals surface area contributed by atoms with Crippen molar-refractivity contribution in [3.05, 3.63) is 33.8 Å². The molecule has 0 heterocycles. The number of hydrogen-bond acceptors (Lipinski definition) is 2. The summed E-state index contributed by atoms with van der Waals surface area (Å²) in [5.41, 5.74) is 5.70. The van der Waals surface area contributed by atoms with Crippen molar-refractivity contribution >= 4 is 23.2 Å². The molecule has 0 aliphatic heterocycles. The van der Waals surface area contributed by atoms with E-state index in [0.717, 1.165) is 18.4 Å². The van der Waals surface area contributed by atoms with Crippen molar-refractivity contribution in [2.24, 2.45) is 11.7 Å². The number of benzene rings is 1. The maximum absolute atomic E-state index is 10.4. The molecule has 2 nitrogen and oxygen atoms in total. The van der Waals surface area contributed by atoms with Crippen molar-refractivity contribution in [3.63, 3.8) is 0 Å². The molecule has 1 aliphatic carbocycles. The zero-order valence-electron chi connectivity index (χ0n) is 8.92. The zero-order valence-corrected chi connectivity index (χ0v) is 10.4. The van der Waals surface area contributed by atoms with E-state index in [2.05, 4.69) is 0 Å². The number of halogens is 2. The Balaban J connectivity index is 2.21. The first-order chi connectivity index (χ1) is 7.55. The lowest BCUT2D eigenvalue weighted by molar-refractivity contribution is 0.0267. The van der Waals surface area contributed by atoms with Crippen LogP contribution in [0, 0.1) is 5.92 Å². The lowest BCUT2D eigenvalue weighted by atomic mass is 9.90. The molecule has 0 spiro atoms. The molecule has 0 bridgehead atoms. The Morgan fingerprint density at radius 1 is 1.38 bits per heavy atom. The highest BCUT2D eigenvalue weighted by atomic mass is 35.5. The van der Waals surface area contributed by atoms with Crippen LogP contribution < -0.4 is 5.73 Å². The van der Waals surface area contributed by atoms with Crippen molar-refractivity contribution in [2.75, 3.05) is 6.54 Å². The van der Waals surface area contributed by atoms with Gasteiger partial charge in [0.05, 0.1) is 5.60 Å². The highest BCUT2D eigenvalue weighted by molar-refractivity contribution is 6.33. The maximum atomic E-state index is 10.4. The van der Waals surface area contributed by atoms with E-state index in [1.165, 1.54) is 0 Å². The van der Waals surface area contributed by atoms with Gasteiger partial charge >= 0.3 is 0 Å². The van der Waals surface area contributed by atoms with Crippen LogP contribution in [0.25, 0.3) is 0 Å². The lowest BCUT2D eigenvalue weighted by Gasteiger charge is -2.27. The molecule has 4 heteroatoms. The van der Waals surface area contributed by atoms with Gasteiger partial charge in [-0.3, -0.25) is 0 Å². The minimum Gasteiger partial charge on any atom is -0.388 e. The summed E-state index contributed by atoms with van der Waals surface area (Å²) in [5, 5.41) is 11.7. The van der Waals surface area contributed by atoms with Gasteiger partial charge in [-0.1, -0.05) is 23.2 Å². The Morgan fingerprint density at radius 2 is 2.06 bits per heavy atom. The Hall–Kier alpha value is -0.280. The summed E-state index contributed by atoms with van der Waals surface area (Å²) in [6.07, 6.45) is 2.57. The minimum absolute atomic E-state index is 0.264. The van der Waals surface area contributed by atoms with Crippen LogP contribution in [0.15, 0.2) is 18.2 Å². The molecule has 1 aliphatic rings. The summed E-state index contributed by atoms with van der Waals surface area (Å²) >= 11 is 12.0. The Bertz CT molecular complexity index is 393. The van der Waals surface area contributed by atoms with E-state index in [4.69, 9.17) is 28.9 Å². The van der Waals surface area contributed by atoms with E-state index in [0.29, 0.717) is 22.4 Å². The molecule has 1 atom stereocenters. The van der Waals surface area contributed by atoms with E-state index in [-0.39, 0.29) is 6.54 Å². The van der Waals surface area contributed by atoms with Gasteiger partial charge in [-0.15, -0.1) is 0 Å². The van der Waals surface area contributed by atoms with Crippen molar-refractivity contribution < 1.29 is 5.11 Å². The summed E-state index contributed by atoms with van der Waals surface area (Å²) in [5.74, 6) is 0.313. The summed E-state index contributed by atoms with van der Waals surface area (Å²) in [7, 11) is 0. The van der Waals surface area contributed by atoms with E-state index in [9.17, 15) is 5.11 Å². The van der Waals surface area contributed by atoms with Gasteiger partial charge in [0.15, 0.2) is 0 Å². The largest absolute Gasteiger partial charge is 0.388 e. The minimum atomic E-state index is -0.825. The SMILES string of the molecule is NCC(O)(Cc1cc(Cl)ccc1Cl)C1CC1. The molecule has 0 amide bonds. The van der Waals surface area contributed by atoms with Gasteiger partial charge in [0, 0.05) is 23.0 Å². The first-order valence-electron chi connectivity index (χ1n) is 5.41. The van der Waals surface area contributed by atoms with Crippen molar-refractivity contribution in [2.45, 2.75) is 24.9 Å². The van der Waals surface area contributed by atoms with Gasteiger partial charge < -0.3 is 10.8 Å². The molecular formula is C12H15Cl2NO. The molecule has 1 unspecified atom stereocenters. The summed E-state index contributed by atoms with van der Waals surface area (Å²) in [6.45, 7) is 0.264. The molecule has 0 saturated heterocycles. The van der Waals surface area contributed by atoms with Crippen LogP contribution in [0.4, 0.5) is 0 Å². The van der Waals surface area contributed by atoms with Crippen LogP contribution in [-0.2, 0) is 6.42 Å². The number of nitrogens with two attached hydrogens (primary N) is 1. The van der Waals surface area contributed by atoms with Crippen molar-refractivity contribution in [1.82, 2.24) is 0 Å². The fourth-order valence-corrected chi connectivity index (χ4v) is 2.39. The fourth-order valence-electron chi connectivity index (χ4n) is 2.01. The molecule has 1 aromatic rings. The van der Waals surface area contributed by atoms with Crippen molar-refractivity contribution in [3.8, 4) is 0 Å². The molecular weight excluding hydrogens is 245 g/mol. The first-order valence-corrected chi connectivity index (χ1v) is 6.17. The Kier molecular flexibility index (Phi) is 3.45. The Morgan fingerprint density at radius 3 is 2.62 bits per heavy atom. The molecule has 16 heavy (non-hydrogen) atoms. The molecule has 0 radical (unpaired) electrons. The van der Waals surface area contributed by atoms with Gasteiger partial charge in [-0.25, -0.2) is 0 Å². The lowest BCUT2D eigenvalue weighted by Crippen LogP contribution is -2.42. The summed E-state index contributed by atoms with van der Waals surface area (Å²) < 4.78 is 0. The van der Waals surface area contributed by atoms with Crippen LogP contribution in [0.5, 0.6) is 0 Å². The maximum Gasteiger partial charge on any atom is 0.0837 e. The number of aliphatic hydroxyl groups is 1. The standard InChI is InChI=1S/C12H15Cl2NO/c13-10-3-4-11(14)8(5-10)6-12(16,7-15)9-1-2-9/h3-5,9,16H,1-2,6-7,15H2. The Labute approximate surface area is 105 Å². The molecule has 3 N–H and O–H groups in total. The third-order valence-electron chi connectivity index (χ3n) is 3.20. The van der Waals surface area contributed by atoms with Gasteiger partial charge in [0.2, 0.25) is 0 Å². The topological polar surface area (TPSA) is 46.2 Å². The molecule has 1 fully saturated rings. The van der Waals surface area contributed by atoms with E-state index >= 15 is 0 Å². The molecule has 1 saturated carbocycles. The smallest absolute Gasteiger partial charge is 0.0837 e. The predicted octanol–water partition coefficient (Wildman–Crippen LogP) is 2.64. The monoisotopic (exact) mass is 259 g/mol. The molecule has 1 aromatic carbocycles. The summed E-state index contributed by atoms with van der Waals surface area (Å²) in [4.78, 5) is 0. The van der Waals surface area contributed by atoms with Crippen LogP contribution >= 0.6 is 23.2 Å². The van der Waals surface area contributed by atoms with Crippen LogP contribution in [0.3, 0.4) is 0 Å². The highest BCUT2D eigenvalue weighted by Gasteiger charge is 2.42. The second-order valence-corrected chi connectivity index (χ2v) is 5.34. The predicted molar refractivity (Wildman–Crippen MR) is 66.9 cm³/mol. The van der Waals surface area contributed by atoms with Gasteiger partial charge in [-0.2, -0.15) is 0 Å². The van der Waals surface area contributed by atoms with Crippen LogP contribution in [-0.4, -0.2) is 17.3 Å². The number of rotatable bonds is 4. The van der Waals surface area contributed by atoms with Crippen molar-refractivity contribution in [1.29, 1.82) is 0 Å². The normalized spacial score (nSPS) is 19.5. The quantitative estimate of drug-likeness (QED) is 0.874. The first kappa shape index (κ1) is 12.2. The third kappa shape index (κ3) is 2.51. The summed E-state index contributed by atoms with van der Waals surface area (Å²) in [6, 6.07) is 5.29. The zero-order chi connectivity index (χ0) is 11.8. The van der Waals surface area contributed by atoms with Crippen LogP contribution in [0.1, 0.15) is 18.4 Å². The third-order valence-corrected chi connectivity index (χ3v) is 3.80. The second kappa shape index (κ2) is 4.53. The van der Waals surface area contributed by atoms with E-state index in [1.807, 2.05) is 0 Å². The van der Waals surface area contributed by atoms with E-state index in [1.54, 1.807) is 18.2 Å². The van der Waals surface area contributed by atoms with Gasteiger partial charge in [-0.05, 0) is 42.5 Å². The van der Waals surface area contributed by atoms with Gasteiger partial charge in [0.1, 0.15) is 0 Å². The molecule has 88 valence electrons. The van der Waals surface area contributed by atoms with Gasteiger partial charge in [0.25, 0.3) is 0 Å². The second-order valence-electron chi connectivity index (χ2n) is 4.49. The highest BCUT2D eigenvalue weighted by Crippen LogP contribution is 2.41. The molecule has 2 rings (SSSR count). The average Bonchev–Trinajstić information content (AvgIpc) is 3.07. The van der Waals surface area contributed by atoms with E-state index < -0.39 is 5.60 Å². The number of hydrogen-bond donors (Lipinski definition) is 2. The molecule has 0 aromatic heterocycles. The fraction of sp³-hybridized carbons (Fsp3) is 0.500. The average molecular weight is 260 g/mol.